The molecule has 0 saturated heterocycles. The zero-order valence-corrected chi connectivity index (χ0v) is 13.2. The molecule has 0 spiro atoms. The molecule has 0 fully saturated rings. The van der Waals surface area contributed by atoms with E-state index >= 15 is 0 Å². The first kappa shape index (κ1) is 16.2. The number of carbonyl (C=O) groups is 2. The van der Waals surface area contributed by atoms with Crippen molar-refractivity contribution < 1.29 is 9.59 Å². The molecule has 2 amide bonds. The van der Waals surface area contributed by atoms with Crippen molar-refractivity contribution in [3.05, 3.63) is 60.2 Å². The van der Waals surface area contributed by atoms with Gasteiger partial charge in [-0.15, -0.1) is 0 Å². The maximum absolute atomic E-state index is 12.4. The Morgan fingerprint density at radius 3 is 2.44 bits per heavy atom. The lowest BCUT2D eigenvalue weighted by Gasteiger charge is -2.20. The maximum atomic E-state index is 12.4. The molecule has 3 rings (SSSR count). The quantitative estimate of drug-likeness (QED) is 0.885. The summed E-state index contributed by atoms with van der Waals surface area (Å²) in [4.78, 5) is 24.2. The van der Waals surface area contributed by atoms with Gasteiger partial charge in [0.25, 0.3) is 5.91 Å². The van der Waals surface area contributed by atoms with Gasteiger partial charge in [-0.25, -0.2) is 0 Å². The second kappa shape index (κ2) is 6.84. The Labute approximate surface area is 144 Å². The number of benzene rings is 2. The third-order valence-corrected chi connectivity index (χ3v) is 3.79. The van der Waals surface area contributed by atoms with Crippen LogP contribution in [-0.4, -0.2) is 23.6 Å². The van der Waals surface area contributed by atoms with Gasteiger partial charge in [-0.1, -0.05) is 18.2 Å². The van der Waals surface area contributed by atoms with E-state index in [9.17, 15) is 9.59 Å². The van der Waals surface area contributed by atoms with E-state index in [4.69, 9.17) is 11.0 Å². The molecule has 0 aromatic heterocycles. The van der Waals surface area contributed by atoms with Gasteiger partial charge in [0.2, 0.25) is 5.91 Å². The molecule has 1 atom stereocenters. The number of hydrogen-bond donors (Lipinski definition) is 2. The smallest absolute Gasteiger partial charge is 0.271 e. The van der Waals surface area contributed by atoms with E-state index in [2.05, 4.69) is 10.4 Å². The summed E-state index contributed by atoms with van der Waals surface area (Å²) in [5.74, 6) is -0.955. The van der Waals surface area contributed by atoms with E-state index in [0.29, 0.717) is 16.9 Å². The average molecular weight is 333 g/mol. The van der Waals surface area contributed by atoms with Gasteiger partial charge < -0.3 is 11.1 Å². The van der Waals surface area contributed by atoms with Gasteiger partial charge >= 0.3 is 0 Å². The van der Waals surface area contributed by atoms with Crippen LogP contribution in [0.15, 0.2) is 59.7 Å². The van der Waals surface area contributed by atoms with Crippen LogP contribution in [0.1, 0.15) is 12.0 Å². The lowest BCUT2D eigenvalue weighted by molar-refractivity contribution is -0.119. The molecule has 1 aliphatic heterocycles. The summed E-state index contributed by atoms with van der Waals surface area (Å²) in [6.45, 7) is 0. The highest BCUT2D eigenvalue weighted by atomic mass is 16.2. The summed E-state index contributed by atoms with van der Waals surface area (Å²) >= 11 is 0. The van der Waals surface area contributed by atoms with Crippen LogP contribution in [0.2, 0.25) is 0 Å². The summed E-state index contributed by atoms with van der Waals surface area (Å²) in [6, 6.07) is 16.8. The Hall–Kier alpha value is -3.66. The summed E-state index contributed by atoms with van der Waals surface area (Å²) < 4.78 is 0. The molecule has 0 radical (unpaired) electrons. The fourth-order valence-corrected chi connectivity index (χ4v) is 2.52. The first-order chi connectivity index (χ1) is 12.1. The molecule has 25 heavy (non-hydrogen) atoms. The standard InChI is InChI=1S/C18H15N5O2/c19-11-12-6-8-13(9-7-12)21-18(25)15-10-16(17(20)24)23(22-15)14-4-2-1-3-5-14/h1-9,16H,10H2,(H2,20,24)(H,21,25). The zero-order chi connectivity index (χ0) is 17.8. The second-order valence-corrected chi connectivity index (χ2v) is 5.49. The van der Waals surface area contributed by atoms with Gasteiger partial charge in [0.1, 0.15) is 11.8 Å². The molecule has 1 unspecified atom stereocenters. The topological polar surface area (TPSA) is 112 Å². The number of anilines is 2. The molecule has 7 heteroatoms. The molecule has 0 aliphatic carbocycles. The first-order valence-electron chi connectivity index (χ1n) is 7.61. The van der Waals surface area contributed by atoms with Crippen molar-refractivity contribution >= 4 is 28.9 Å². The minimum absolute atomic E-state index is 0.131. The van der Waals surface area contributed by atoms with Crippen LogP contribution in [-0.2, 0) is 9.59 Å². The predicted octanol–water partition coefficient (Wildman–Crippen LogP) is 1.62. The number of hydrogen-bond acceptors (Lipinski definition) is 5. The Balaban J connectivity index is 1.80. The molecule has 1 heterocycles. The van der Waals surface area contributed by atoms with Crippen LogP contribution in [0.25, 0.3) is 0 Å². The monoisotopic (exact) mass is 333 g/mol. The largest absolute Gasteiger partial charge is 0.368 e. The Morgan fingerprint density at radius 1 is 1.16 bits per heavy atom. The van der Waals surface area contributed by atoms with Crippen LogP contribution in [0.3, 0.4) is 0 Å². The molecular formula is C18H15N5O2. The molecule has 3 N–H and O–H groups in total. The third kappa shape index (κ3) is 3.48. The number of amides is 2. The number of nitrogens with one attached hydrogen (secondary N) is 1. The van der Waals surface area contributed by atoms with E-state index in [1.807, 2.05) is 24.3 Å². The normalized spacial score (nSPS) is 16.0. The molecular weight excluding hydrogens is 318 g/mol. The minimum Gasteiger partial charge on any atom is -0.368 e. The van der Waals surface area contributed by atoms with Crippen LogP contribution < -0.4 is 16.1 Å². The molecule has 2 aromatic carbocycles. The van der Waals surface area contributed by atoms with Gasteiger partial charge in [0, 0.05) is 12.1 Å². The van der Waals surface area contributed by atoms with E-state index in [0.717, 1.165) is 0 Å². The van der Waals surface area contributed by atoms with Gasteiger partial charge in [-0.2, -0.15) is 10.4 Å². The molecule has 2 aromatic rings. The van der Waals surface area contributed by atoms with Crippen LogP contribution in [0.5, 0.6) is 0 Å². The lowest BCUT2D eigenvalue weighted by atomic mass is 10.1. The summed E-state index contributed by atoms with van der Waals surface area (Å²) in [6.07, 6.45) is 0.131. The first-order valence-corrected chi connectivity index (χ1v) is 7.61. The maximum Gasteiger partial charge on any atom is 0.271 e. The number of nitrogens with two attached hydrogens (primary N) is 1. The van der Waals surface area contributed by atoms with Crippen molar-refractivity contribution in [2.45, 2.75) is 12.5 Å². The van der Waals surface area contributed by atoms with Crippen LogP contribution in [0.4, 0.5) is 11.4 Å². The molecule has 0 bridgehead atoms. The third-order valence-electron chi connectivity index (χ3n) is 3.79. The summed E-state index contributed by atoms with van der Waals surface area (Å²) in [5, 5.41) is 17.2. The molecule has 1 aliphatic rings. The minimum atomic E-state index is -0.705. The van der Waals surface area contributed by atoms with E-state index in [1.54, 1.807) is 36.4 Å². The van der Waals surface area contributed by atoms with E-state index in [1.165, 1.54) is 5.01 Å². The Kier molecular flexibility index (Phi) is 4.44. The number of nitriles is 1. The fourth-order valence-electron chi connectivity index (χ4n) is 2.52. The van der Waals surface area contributed by atoms with Crippen molar-refractivity contribution in [2.24, 2.45) is 10.8 Å². The summed E-state index contributed by atoms with van der Waals surface area (Å²) in [5.41, 5.74) is 7.41. The van der Waals surface area contributed by atoms with Crippen molar-refractivity contribution in [1.29, 1.82) is 5.26 Å². The van der Waals surface area contributed by atoms with Gasteiger partial charge in [0.15, 0.2) is 0 Å². The number of primary amides is 1. The van der Waals surface area contributed by atoms with Crippen LogP contribution >= 0.6 is 0 Å². The van der Waals surface area contributed by atoms with E-state index in [-0.39, 0.29) is 12.1 Å². The van der Waals surface area contributed by atoms with Crippen molar-refractivity contribution in [3.63, 3.8) is 0 Å². The number of hydrazone groups is 1. The van der Waals surface area contributed by atoms with Gasteiger partial charge in [0.05, 0.1) is 17.3 Å². The van der Waals surface area contributed by atoms with Gasteiger partial charge in [-0.3, -0.25) is 14.6 Å². The molecule has 7 nitrogen and oxygen atoms in total. The Bertz CT molecular complexity index is 869. The number of carbonyl (C=O) groups excluding carboxylic acids is 2. The SMILES string of the molecule is N#Cc1ccc(NC(=O)C2=NN(c3ccccc3)C(C(N)=O)C2)cc1. The highest BCUT2D eigenvalue weighted by Crippen LogP contribution is 2.24. The number of nitrogens with zero attached hydrogens (tertiary/aromatic N) is 3. The highest BCUT2D eigenvalue weighted by molar-refractivity contribution is 6.44. The Morgan fingerprint density at radius 2 is 1.84 bits per heavy atom. The van der Waals surface area contributed by atoms with E-state index < -0.39 is 17.9 Å². The highest BCUT2D eigenvalue weighted by Gasteiger charge is 2.34. The zero-order valence-electron chi connectivity index (χ0n) is 13.2. The average Bonchev–Trinajstić information content (AvgIpc) is 3.09. The number of para-hydroxylation sites is 1. The van der Waals surface area contributed by atoms with Crippen molar-refractivity contribution in [2.75, 3.05) is 10.3 Å². The summed E-state index contributed by atoms with van der Waals surface area (Å²) in [7, 11) is 0. The predicted molar refractivity (Wildman–Crippen MR) is 93.7 cm³/mol. The number of rotatable bonds is 4. The lowest BCUT2D eigenvalue weighted by Crippen LogP contribution is -2.39. The molecule has 0 saturated carbocycles. The molecule has 124 valence electrons. The van der Waals surface area contributed by atoms with Crippen molar-refractivity contribution in [1.82, 2.24) is 0 Å². The van der Waals surface area contributed by atoms with Gasteiger partial charge in [-0.05, 0) is 36.4 Å². The van der Waals surface area contributed by atoms with Crippen LogP contribution in [0, 0.1) is 11.3 Å². The van der Waals surface area contributed by atoms with Crippen molar-refractivity contribution in [3.8, 4) is 6.07 Å². The fraction of sp³-hybridized carbons (Fsp3) is 0.111. The second-order valence-electron chi connectivity index (χ2n) is 5.49.